The summed E-state index contributed by atoms with van der Waals surface area (Å²) in [6.45, 7) is 4.16. The van der Waals surface area contributed by atoms with Gasteiger partial charge in [0.05, 0.1) is 25.4 Å². The molecule has 0 spiro atoms. The van der Waals surface area contributed by atoms with Gasteiger partial charge in [-0.15, -0.1) is 0 Å². The molecule has 2 rings (SSSR count). The predicted octanol–water partition coefficient (Wildman–Crippen LogP) is 4.06. The highest BCUT2D eigenvalue weighted by Gasteiger charge is 2.10. The first-order valence-electron chi connectivity index (χ1n) is 7.43. The molecule has 0 aliphatic rings. The van der Waals surface area contributed by atoms with Crippen LogP contribution >= 0.6 is 15.9 Å². The molecule has 0 saturated heterocycles. The zero-order chi connectivity index (χ0) is 16.8. The molecule has 0 bridgehead atoms. The minimum atomic E-state index is -0.0658. The molecule has 2 aromatic carbocycles. The molecule has 23 heavy (non-hydrogen) atoms. The first kappa shape index (κ1) is 17.3. The second-order valence-electron chi connectivity index (χ2n) is 5.40. The number of amides is 1. The fourth-order valence-electron chi connectivity index (χ4n) is 2.26. The minimum Gasteiger partial charge on any atom is -0.495 e. The Bertz CT molecular complexity index is 671. The van der Waals surface area contributed by atoms with Crippen molar-refractivity contribution in [3.63, 3.8) is 0 Å². The second kappa shape index (κ2) is 8.02. The molecule has 2 aromatic rings. The van der Waals surface area contributed by atoms with Crippen LogP contribution in [0.5, 0.6) is 5.75 Å². The van der Waals surface area contributed by atoms with Crippen molar-refractivity contribution in [2.75, 3.05) is 19.0 Å². The van der Waals surface area contributed by atoms with Gasteiger partial charge in [-0.25, -0.2) is 0 Å². The van der Waals surface area contributed by atoms with Gasteiger partial charge in [0.1, 0.15) is 5.75 Å². The van der Waals surface area contributed by atoms with E-state index in [1.54, 1.807) is 7.11 Å². The Morgan fingerprint density at radius 2 is 1.91 bits per heavy atom. The van der Waals surface area contributed by atoms with Crippen LogP contribution in [-0.2, 0) is 4.79 Å². The largest absolute Gasteiger partial charge is 0.495 e. The van der Waals surface area contributed by atoms with Crippen molar-refractivity contribution in [1.82, 2.24) is 5.32 Å². The zero-order valence-electron chi connectivity index (χ0n) is 13.5. The Balaban J connectivity index is 1.92. The highest BCUT2D eigenvalue weighted by molar-refractivity contribution is 9.10. The van der Waals surface area contributed by atoms with Crippen LogP contribution < -0.4 is 15.4 Å². The maximum Gasteiger partial charge on any atom is 0.239 e. The van der Waals surface area contributed by atoms with Gasteiger partial charge in [-0.1, -0.05) is 34.1 Å². The van der Waals surface area contributed by atoms with E-state index >= 15 is 0 Å². The normalized spacial score (nSPS) is 11.7. The van der Waals surface area contributed by atoms with E-state index in [0.717, 1.165) is 27.0 Å². The van der Waals surface area contributed by atoms with Crippen LogP contribution in [0.2, 0.25) is 0 Å². The van der Waals surface area contributed by atoms with Gasteiger partial charge in [-0.3, -0.25) is 4.79 Å². The van der Waals surface area contributed by atoms with Crippen LogP contribution in [0.1, 0.15) is 24.1 Å². The molecule has 1 atom stereocenters. The third-order valence-corrected chi connectivity index (χ3v) is 4.07. The third kappa shape index (κ3) is 4.99. The van der Waals surface area contributed by atoms with Crippen molar-refractivity contribution >= 4 is 27.5 Å². The van der Waals surface area contributed by atoms with Crippen molar-refractivity contribution in [3.8, 4) is 5.75 Å². The summed E-state index contributed by atoms with van der Waals surface area (Å²) in [5.41, 5.74) is 2.99. The summed E-state index contributed by atoms with van der Waals surface area (Å²) in [7, 11) is 1.62. The lowest BCUT2D eigenvalue weighted by atomic mass is 10.1. The van der Waals surface area contributed by atoms with Crippen LogP contribution in [0, 0.1) is 6.92 Å². The maximum absolute atomic E-state index is 12.1. The molecule has 0 aliphatic carbocycles. The van der Waals surface area contributed by atoms with E-state index in [-0.39, 0.29) is 18.5 Å². The Morgan fingerprint density at radius 3 is 2.57 bits per heavy atom. The number of anilines is 1. The topological polar surface area (TPSA) is 50.4 Å². The molecule has 0 aliphatic heterocycles. The lowest BCUT2D eigenvalue weighted by molar-refractivity contribution is -0.120. The summed E-state index contributed by atoms with van der Waals surface area (Å²) < 4.78 is 6.32. The second-order valence-corrected chi connectivity index (χ2v) is 6.31. The average molecular weight is 377 g/mol. The lowest BCUT2D eigenvalue weighted by Crippen LogP contribution is -2.32. The van der Waals surface area contributed by atoms with Crippen molar-refractivity contribution in [2.24, 2.45) is 0 Å². The summed E-state index contributed by atoms with van der Waals surface area (Å²) in [5, 5.41) is 6.11. The summed E-state index contributed by atoms with van der Waals surface area (Å²) >= 11 is 3.41. The average Bonchev–Trinajstić information content (AvgIpc) is 2.53. The molecule has 0 unspecified atom stereocenters. The van der Waals surface area contributed by atoms with Crippen LogP contribution in [-0.4, -0.2) is 19.6 Å². The van der Waals surface area contributed by atoms with E-state index in [9.17, 15) is 4.79 Å². The number of carbonyl (C=O) groups is 1. The Kier molecular flexibility index (Phi) is 6.04. The molecule has 0 fully saturated rings. The molecule has 0 radical (unpaired) electrons. The van der Waals surface area contributed by atoms with Gasteiger partial charge < -0.3 is 15.4 Å². The van der Waals surface area contributed by atoms with E-state index in [0.29, 0.717) is 0 Å². The predicted molar refractivity (Wildman–Crippen MR) is 96.9 cm³/mol. The quantitative estimate of drug-likeness (QED) is 0.799. The number of benzene rings is 2. The van der Waals surface area contributed by atoms with Gasteiger partial charge in [-0.2, -0.15) is 0 Å². The maximum atomic E-state index is 12.1. The van der Waals surface area contributed by atoms with Gasteiger partial charge in [0.25, 0.3) is 0 Å². The number of hydrogen-bond donors (Lipinski definition) is 2. The molecule has 0 aromatic heterocycles. The molecule has 1 amide bonds. The van der Waals surface area contributed by atoms with E-state index in [1.165, 1.54) is 0 Å². The van der Waals surface area contributed by atoms with Crippen molar-refractivity contribution in [2.45, 2.75) is 19.9 Å². The van der Waals surface area contributed by atoms with Gasteiger partial charge in [0.15, 0.2) is 0 Å². The highest BCUT2D eigenvalue weighted by Crippen LogP contribution is 2.24. The Morgan fingerprint density at radius 1 is 1.22 bits per heavy atom. The number of carbonyl (C=O) groups excluding carboxylic acids is 1. The first-order chi connectivity index (χ1) is 11.0. The number of rotatable bonds is 6. The van der Waals surface area contributed by atoms with Crippen LogP contribution in [0.25, 0.3) is 0 Å². The smallest absolute Gasteiger partial charge is 0.239 e. The number of aryl methyl sites for hydroxylation is 1. The molecule has 0 heterocycles. The number of halogens is 1. The van der Waals surface area contributed by atoms with E-state index in [1.807, 2.05) is 56.3 Å². The molecular weight excluding hydrogens is 356 g/mol. The number of methoxy groups -OCH3 is 1. The Labute approximate surface area is 145 Å². The highest BCUT2D eigenvalue weighted by atomic mass is 79.9. The zero-order valence-corrected chi connectivity index (χ0v) is 15.1. The molecule has 0 saturated carbocycles. The Hall–Kier alpha value is -2.01. The van der Waals surface area contributed by atoms with Crippen molar-refractivity contribution < 1.29 is 9.53 Å². The lowest BCUT2D eigenvalue weighted by Gasteiger charge is -2.16. The van der Waals surface area contributed by atoms with Gasteiger partial charge in [0.2, 0.25) is 5.91 Å². The first-order valence-corrected chi connectivity index (χ1v) is 8.22. The fourth-order valence-corrected chi connectivity index (χ4v) is 2.53. The van der Waals surface area contributed by atoms with Gasteiger partial charge >= 0.3 is 0 Å². The van der Waals surface area contributed by atoms with E-state index < -0.39 is 0 Å². The minimum absolute atomic E-state index is 0.0446. The van der Waals surface area contributed by atoms with Crippen LogP contribution in [0.4, 0.5) is 5.69 Å². The summed E-state index contributed by atoms with van der Waals surface area (Å²) in [5.74, 6) is 0.660. The van der Waals surface area contributed by atoms with E-state index in [2.05, 4.69) is 26.6 Å². The molecular formula is C18H21BrN2O2. The number of ether oxygens (including phenoxy) is 1. The SMILES string of the molecule is COc1ccc(C)cc1NCC(=O)N[C@@H](C)c1ccc(Br)cc1. The fraction of sp³-hybridized carbons (Fsp3) is 0.278. The summed E-state index contributed by atoms with van der Waals surface area (Å²) in [4.78, 5) is 12.1. The van der Waals surface area contributed by atoms with E-state index in [4.69, 9.17) is 4.74 Å². The monoisotopic (exact) mass is 376 g/mol. The van der Waals surface area contributed by atoms with Gasteiger partial charge in [0, 0.05) is 4.47 Å². The van der Waals surface area contributed by atoms with Crippen molar-refractivity contribution in [3.05, 3.63) is 58.1 Å². The summed E-state index contributed by atoms with van der Waals surface area (Å²) in [6.07, 6.45) is 0. The summed E-state index contributed by atoms with van der Waals surface area (Å²) in [6, 6.07) is 13.7. The number of hydrogen-bond acceptors (Lipinski definition) is 3. The van der Waals surface area contributed by atoms with Crippen LogP contribution in [0.15, 0.2) is 46.9 Å². The number of nitrogens with one attached hydrogen (secondary N) is 2. The van der Waals surface area contributed by atoms with Crippen molar-refractivity contribution in [1.29, 1.82) is 0 Å². The molecule has 122 valence electrons. The molecule has 2 N–H and O–H groups in total. The standard InChI is InChI=1S/C18H21BrN2O2/c1-12-4-9-17(23-3)16(10-12)20-11-18(22)21-13(2)14-5-7-15(19)8-6-14/h4-10,13,20H,11H2,1-3H3,(H,21,22)/t13-/m0/s1. The molecule has 5 heteroatoms. The van der Waals surface area contributed by atoms with Crippen LogP contribution in [0.3, 0.4) is 0 Å². The third-order valence-electron chi connectivity index (χ3n) is 3.54. The van der Waals surface area contributed by atoms with Gasteiger partial charge in [-0.05, 0) is 49.2 Å². The molecule has 4 nitrogen and oxygen atoms in total.